The Morgan fingerprint density at radius 2 is 2.00 bits per heavy atom. The molecular weight excluding hydrogens is 268 g/mol. The topological polar surface area (TPSA) is 50.9 Å². The van der Waals surface area contributed by atoms with Gasteiger partial charge in [0.1, 0.15) is 5.82 Å². The van der Waals surface area contributed by atoms with E-state index in [1.54, 1.807) is 11.6 Å². The molecule has 1 aromatic heterocycles. The van der Waals surface area contributed by atoms with Gasteiger partial charge in [0.25, 0.3) is 0 Å². The van der Waals surface area contributed by atoms with Crippen LogP contribution in [0.2, 0.25) is 0 Å². The maximum absolute atomic E-state index is 13.3. The molecule has 3 aromatic rings. The Morgan fingerprint density at radius 1 is 1.16 bits per heavy atom. The number of aromatic nitrogens is 1. The summed E-state index contributed by atoms with van der Waals surface area (Å²) in [6.45, 7) is 0. The molecule has 0 aliphatic heterocycles. The highest BCUT2D eigenvalue weighted by Gasteiger charge is 2.09. The van der Waals surface area contributed by atoms with Crippen LogP contribution < -0.4 is 11.1 Å². The summed E-state index contributed by atoms with van der Waals surface area (Å²) in [5.41, 5.74) is 9.01. The molecule has 0 saturated heterocycles. The lowest BCUT2D eigenvalue weighted by molar-refractivity contribution is 0.587. The molecule has 0 spiro atoms. The van der Waals surface area contributed by atoms with Crippen molar-refractivity contribution in [3.05, 3.63) is 47.5 Å². The molecule has 3 N–H and O–H groups in total. The predicted octanol–water partition coefficient (Wildman–Crippen LogP) is 3.90. The largest absolute Gasteiger partial charge is 0.395 e. The molecule has 3 nitrogen and oxygen atoms in total. The van der Waals surface area contributed by atoms with Gasteiger partial charge in [-0.1, -0.05) is 0 Å². The lowest BCUT2D eigenvalue weighted by atomic mass is 10.2. The van der Waals surface area contributed by atoms with Crippen LogP contribution in [0.4, 0.5) is 25.8 Å². The third-order valence-electron chi connectivity index (χ3n) is 2.70. The van der Waals surface area contributed by atoms with Crippen molar-refractivity contribution in [2.75, 3.05) is 11.1 Å². The molecule has 0 unspecified atom stereocenters. The highest BCUT2D eigenvalue weighted by molar-refractivity contribution is 7.16. The Morgan fingerprint density at radius 3 is 2.84 bits per heavy atom. The molecule has 0 aliphatic rings. The molecule has 0 amide bonds. The fraction of sp³-hybridized carbons (Fsp3) is 0. The minimum Gasteiger partial charge on any atom is -0.395 e. The highest BCUT2D eigenvalue weighted by atomic mass is 32.1. The van der Waals surface area contributed by atoms with E-state index >= 15 is 0 Å². The summed E-state index contributed by atoms with van der Waals surface area (Å²) in [6, 6.07) is 7.39. The summed E-state index contributed by atoms with van der Waals surface area (Å²) in [6.07, 6.45) is 0. The maximum Gasteiger partial charge on any atom is 0.151 e. The Hall–Kier alpha value is -2.21. The molecule has 6 heteroatoms. The lowest BCUT2D eigenvalue weighted by Crippen LogP contribution is -2.00. The van der Waals surface area contributed by atoms with Crippen molar-refractivity contribution in [1.29, 1.82) is 0 Å². The fourth-order valence-electron chi connectivity index (χ4n) is 1.78. The first-order valence-electron chi connectivity index (χ1n) is 5.48. The molecule has 0 bridgehead atoms. The van der Waals surface area contributed by atoms with Crippen LogP contribution in [0, 0.1) is 11.6 Å². The summed E-state index contributed by atoms with van der Waals surface area (Å²) >= 11 is 1.49. The van der Waals surface area contributed by atoms with Crippen molar-refractivity contribution >= 4 is 38.6 Å². The summed E-state index contributed by atoms with van der Waals surface area (Å²) in [5.74, 6) is -1.45. The molecule has 0 radical (unpaired) electrons. The molecule has 19 heavy (non-hydrogen) atoms. The standard InChI is InChI=1S/C13H9F2N3S/c14-7-3-9(15)13(16)11(4-7)18-8-1-2-10-12(5-8)19-6-17-10/h1-6,18H,16H2. The average molecular weight is 277 g/mol. The summed E-state index contributed by atoms with van der Waals surface area (Å²) in [4.78, 5) is 4.16. The van der Waals surface area contributed by atoms with E-state index in [2.05, 4.69) is 10.3 Å². The molecule has 3 rings (SSSR count). The molecule has 0 fully saturated rings. The smallest absolute Gasteiger partial charge is 0.151 e. The van der Waals surface area contributed by atoms with Crippen molar-refractivity contribution < 1.29 is 8.78 Å². The van der Waals surface area contributed by atoms with E-state index in [4.69, 9.17) is 5.73 Å². The molecule has 0 saturated carbocycles. The Balaban J connectivity index is 2.00. The predicted molar refractivity (Wildman–Crippen MR) is 73.7 cm³/mol. The van der Waals surface area contributed by atoms with E-state index in [-0.39, 0.29) is 11.4 Å². The van der Waals surface area contributed by atoms with E-state index in [1.807, 2.05) is 12.1 Å². The van der Waals surface area contributed by atoms with Gasteiger partial charge in [-0.3, -0.25) is 0 Å². The van der Waals surface area contributed by atoms with E-state index in [9.17, 15) is 8.78 Å². The Bertz CT molecular complexity index is 755. The number of hydrogen-bond acceptors (Lipinski definition) is 4. The third-order valence-corrected chi connectivity index (χ3v) is 3.50. The van der Waals surface area contributed by atoms with E-state index < -0.39 is 11.6 Å². The summed E-state index contributed by atoms with van der Waals surface area (Å²) in [7, 11) is 0. The van der Waals surface area contributed by atoms with Crippen LogP contribution in [0.25, 0.3) is 10.2 Å². The van der Waals surface area contributed by atoms with Gasteiger partial charge < -0.3 is 11.1 Å². The van der Waals surface area contributed by atoms with Crippen LogP contribution in [0.5, 0.6) is 0 Å². The minimum atomic E-state index is -0.777. The second-order valence-electron chi connectivity index (χ2n) is 4.01. The van der Waals surface area contributed by atoms with Gasteiger partial charge in [-0.25, -0.2) is 13.8 Å². The molecule has 1 heterocycles. The number of nitrogens with one attached hydrogen (secondary N) is 1. The highest BCUT2D eigenvalue weighted by Crippen LogP contribution is 2.29. The first-order valence-corrected chi connectivity index (χ1v) is 6.36. The summed E-state index contributed by atoms with van der Waals surface area (Å²) in [5, 5.41) is 2.91. The third kappa shape index (κ3) is 2.22. The first kappa shape index (κ1) is 11.9. The van der Waals surface area contributed by atoms with Crippen LogP contribution in [-0.4, -0.2) is 4.98 Å². The normalized spacial score (nSPS) is 10.8. The maximum atomic E-state index is 13.3. The van der Waals surface area contributed by atoms with Gasteiger partial charge in [-0.05, 0) is 24.3 Å². The van der Waals surface area contributed by atoms with Crippen LogP contribution in [-0.2, 0) is 0 Å². The van der Waals surface area contributed by atoms with Gasteiger partial charge in [0.15, 0.2) is 5.82 Å². The number of rotatable bonds is 2. The first-order chi connectivity index (χ1) is 9.13. The van der Waals surface area contributed by atoms with Crippen LogP contribution in [0.1, 0.15) is 0 Å². The second-order valence-corrected chi connectivity index (χ2v) is 4.90. The zero-order valence-corrected chi connectivity index (χ0v) is 10.5. The number of hydrogen-bond donors (Lipinski definition) is 2. The quantitative estimate of drug-likeness (QED) is 0.698. The van der Waals surface area contributed by atoms with Gasteiger partial charge in [0, 0.05) is 11.8 Å². The minimum absolute atomic E-state index is 0.106. The van der Waals surface area contributed by atoms with E-state index in [1.165, 1.54) is 11.3 Å². The summed E-state index contributed by atoms with van der Waals surface area (Å²) < 4.78 is 27.5. The number of thiazole rings is 1. The van der Waals surface area contributed by atoms with Crippen molar-refractivity contribution in [1.82, 2.24) is 4.98 Å². The molecule has 0 atom stereocenters. The van der Waals surface area contributed by atoms with Crippen LogP contribution >= 0.6 is 11.3 Å². The van der Waals surface area contributed by atoms with Crippen molar-refractivity contribution in [2.45, 2.75) is 0 Å². The number of nitrogens with two attached hydrogens (primary N) is 1. The van der Waals surface area contributed by atoms with Gasteiger partial charge in [-0.2, -0.15) is 0 Å². The van der Waals surface area contributed by atoms with Crippen molar-refractivity contribution in [3.63, 3.8) is 0 Å². The number of halogens is 2. The SMILES string of the molecule is Nc1c(F)cc(F)cc1Nc1ccc2ncsc2c1. The monoisotopic (exact) mass is 277 g/mol. The zero-order chi connectivity index (χ0) is 13.4. The average Bonchev–Trinajstić information content (AvgIpc) is 2.82. The fourth-order valence-corrected chi connectivity index (χ4v) is 2.49. The zero-order valence-electron chi connectivity index (χ0n) is 9.65. The number of nitrogen functional groups attached to an aromatic ring is 1. The van der Waals surface area contributed by atoms with Crippen molar-refractivity contribution in [2.24, 2.45) is 0 Å². The Labute approximate surface area is 111 Å². The lowest BCUT2D eigenvalue weighted by Gasteiger charge is -2.10. The molecule has 96 valence electrons. The van der Waals surface area contributed by atoms with Crippen LogP contribution in [0.3, 0.4) is 0 Å². The molecule has 0 aliphatic carbocycles. The van der Waals surface area contributed by atoms with E-state index in [0.29, 0.717) is 5.69 Å². The second kappa shape index (κ2) is 4.47. The van der Waals surface area contributed by atoms with Gasteiger partial charge in [0.05, 0.1) is 27.1 Å². The van der Waals surface area contributed by atoms with E-state index in [0.717, 1.165) is 22.3 Å². The number of fused-ring (bicyclic) bond motifs is 1. The van der Waals surface area contributed by atoms with Crippen LogP contribution in [0.15, 0.2) is 35.8 Å². The van der Waals surface area contributed by atoms with Gasteiger partial charge in [-0.15, -0.1) is 11.3 Å². The van der Waals surface area contributed by atoms with Gasteiger partial charge >= 0.3 is 0 Å². The van der Waals surface area contributed by atoms with Crippen molar-refractivity contribution in [3.8, 4) is 0 Å². The van der Waals surface area contributed by atoms with Gasteiger partial charge in [0.2, 0.25) is 0 Å². The number of anilines is 3. The molecular formula is C13H9F2N3S. The molecule has 2 aromatic carbocycles. The Kier molecular flexibility index (Phi) is 2.79. The number of nitrogens with zero attached hydrogens (tertiary/aromatic N) is 1. The number of benzene rings is 2.